The van der Waals surface area contributed by atoms with Crippen molar-refractivity contribution in [3.05, 3.63) is 54.1 Å². The molecule has 1 fully saturated rings. The molecule has 2 N–H and O–H groups in total. The van der Waals surface area contributed by atoms with Crippen molar-refractivity contribution in [2.75, 3.05) is 25.7 Å². The molecule has 1 aliphatic rings. The van der Waals surface area contributed by atoms with Crippen molar-refractivity contribution in [3.63, 3.8) is 0 Å². The van der Waals surface area contributed by atoms with Crippen LogP contribution >= 0.6 is 0 Å². The standard InChI is InChI=1S/C22H24N2O6/c1-28-16-7-3-14(4-8-16)21-18(22(27)30-13-19(23)25)11-12-20(26)24(21)15-5-9-17(29-2)10-6-15/h3-10,18,21H,11-13H2,1-2H3,(H2,23,25)/t18-,21-/m1/s1. The number of nitrogens with two attached hydrogens (primary N) is 1. The van der Waals surface area contributed by atoms with E-state index in [9.17, 15) is 14.4 Å². The Morgan fingerprint density at radius 1 is 1.00 bits per heavy atom. The van der Waals surface area contributed by atoms with Crippen LogP contribution in [-0.2, 0) is 19.1 Å². The topological polar surface area (TPSA) is 108 Å². The molecular formula is C22H24N2O6. The Labute approximate surface area is 174 Å². The summed E-state index contributed by atoms with van der Waals surface area (Å²) in [7, 11) is 3.12. The van der Waals surface area contributed by atoms with Crippen LogP contribution in [0.4, 0.5) is 5.69 Å². The molecule has 8 heteroatoms. The third-order valence-electron chi connectivity index (χ3n) is 5.06. The van der Waals surface area contributed by atoms with Gasteiger partial charge in [0.05, 0.1) is 26.2 Å². The van der Waals surface area contributed by atoms with E-state index in [1.807, 2.05) is 12.1 Å². The summed E-state index contributed by atoms with van der Waals surface area (Å²) in [5.74, 6) is -0.757. The first-order chi connectivity index (χ1) is 14.4. The fourth-order valence-corrected chi connectivity index (χ4v) is 3.62. The van der Waals surface area contributed by atoms with Gasteiger partial charge >= 0.3 is 5.97 Å². The predicted molar refractivity (Wildman–Crippen MR) is 109 cm³/mol. The quantitative estimate of drug-likeness (QED) is 0.699. The number of nitrogens with zero attached hydrogens (tertiary/aromatic N) is 1. The highest BCUT2D eigenvalue weighted by Crippen LogP contribution is 2.41. The van der Waals surface area contributed by atoms with Crippen molar-refractivity contribution < 1.29 is 28.6 Å². The van der Waals surface area contributed by atoms with E-state index in [1.54, 1.807) is 55.5 Å². The summed E-state index contributed by atoms with van der Waals surface area (Å²) in [6.07, 6.45) is 0.481. The van der Waals surface area contributed by atoms with Gasteiger partial charge in [-0.3, -0.25) is 14.4 Å². The largest absolute Gasteiger partial charge is 0.497 e. The Kier molecular flexibility index (Phi) is 6.56. The SMILES string of the molecule is COc1ccc([C@@H]2[C@H](C(=O)OCC(N)=O)CCC(=O)N2c2ccc(OC)cc2)cc1. The lowest BCUT2D eigenvalue weighted by atomic mass is 9.83. The van der Waals surface area contributed by atoms with E-state index >= 15 is 0 Å². The van der Waals surface area contributed by atoms with Gasteiger partial charge in [-0.15, -0.1) is 0 Å². The van der Waals surface area contributed by atoms with E-state index in [0.29, 0.717) is 23.6 Å². The molecule has 0 radical (unpaired) electrons. The molecule has 1 heterocycles. The molecule has 8 nitrogen and oxygen atoms in total. The Morgan fingerprint density at radius 3 is 2.10 bits per heavy atom. The second-order valence-electron chi connectivity index (χ2n) is 6.90. The molecule has 0 spiro atoms. The summed E-state index contributed by atoms with van der Waals surface area (Å²) in [5, 5.41) is 0. The Balaban J connectivity index is 2.02. The van der Waals surface area contributed by atoms with E-state index in [4.69, 9.17) is 19.9 Å². The highest BCUT2D eigenvalue weighted by molar-refractivity contribution is 5.97. The number of carbonyl (C=O) groups excluding carboxylic acids is 3. The van der Waals surface area contributed by atoms with Crippen LogP contribution in [0.15, 0.2) is 48.5 Å². The van der Waals surface area contributed by atoms with Crippen molar-refractivity contribution >= 4 is 23.5 Å². The van der Waals surface area contributed by atoms with Gasteiger partial charge in [0.15, 0.2) is 6.61 Å². The van der Waals surface area contributed by atoms with Crippen LogP contribution in [0.25, 0.3) is 0 Å². The lowest BCUT2D eigenvalue weighted by Gasteiger charge is -2.40. The highest BCUT2D eigenvalue weighted by atomic mass is 16.5. The van der Waals surface area contributed by atoms with E-state index in [-0.39, 0.29) is 12.3 Å². The molecule has 2 aromatic rings. The zero-order chi connectivity index (χ0) is 21.7. The van der Waals surface area contributed by atoms with Crippen LogP contribution in [-0.4, -0.2) is 38.6 Å². The average Bonchev–Trinajstić information content (AvgIpc) is 2.77. The van der Waals surface area contributed by atoms with Crippen LogP contribution in [0, 0.1) is 5.92 Å². The van der Waals surface area contributed by atoms with Gasteiger partial charge in [-0.2, -0.15) is 0 Å². The third-order valence-corrected chi connectivity index (χ3v) is 5.06. The van der Waals surface area contributed by atoms with Crippen molar-refractivity contribution in [2.24, 2.45) is 11.7 Å². The van der Waals surface area contributed by atoms with Gasteiger partial charge in [0.1, 0.15) is 11.5 Å². The number of esters is 1. The monoisotopic (exact) mass is 412 g/mol. The smallest absolute Gasteiger partial charge is 0.311 e. The molecular weight excluding hydrogens is 388 g/mol. The lowest BCUT2D eigenvalue weighted by molar-refractivity contribution is -0.154. The van der Waals surface area contributed by atoms with Gasteiger partial charge < -0.3 is 24.8 Å². The second-order valence-corrected chi connectivity index (χ2v) is 6.90. The van der Waals surface area contributed by atoms with Crippen LogP contribution in [0.2, 0.25) is 0 Å². The second kappa shape index (κ2) is 9.30. The molecule has 158 valence electrons. The molecule has 2 amide bonds. The minimum atomic E-state index is -0.733. The molecule has 1 aliphatic heterocycles. The number of methoxy groups -OCH3 is 2. The van der Waals surface area contributed by atoms with Crippen LogP contribution in [0.3, 0.4) is 0 Å². The summed E-state index contributed by atoms with van der Waals surface area (Å²) in [5.41, 5.74) is 6.49. The summed E-state index contributed by atoms with van der Waals surface area (Å²) in [6.45, 7) is -0.499. The number of hydrogen-bond acceptors (Lipinski definition) is 6. The summed E-state index contributed by atoms with van der Waals surface area (Å²) < 4.78 is 15.5. The number of rotatable bonds is 7. The predicted octanol–water partition coefficient (Wildman–Crippen LogP) is 2.22. The zero-order valence-corrected chi connectivity index (χ0v) is 16.9. The number of primary amides is 1. The number of amides is 2. The average molecular weight is 412 g/mol. The van der Waals surface area contributed by atoms with Gasteiger partial charge in [-0.05, 0) is 48.4 Å². The number of benzene rings is 2. The van der Waals surface area contributed by atoms with Crippen LogP contribution < -0.4 is 20.1 Å². The summed E-state index contributed by atoms with van der Waals surface area (Å²) >= 11 is 0. The number of piperidine rings is 1. The Bertz CT molecular complexity index is 910. The van der Waals surface area contributed by atoms with E-state index in [0.717, 1.165) is 5.56 Å². The fraction of sp³-hybridized carbons (Fsp3) is 0.318. The molecule has 2 atom stereocenters. The minimum absolute atomic E-state index is 0.111. The summed E-state index contributed by atoms with van der Waals surface area (Å²) in [4.78, 5) is 38.4. The first kappa shape index (κ1) is 21.2. The molecule has 1 saturated heterocycles. The van der Waals surface area contributed by atoms with Crippen molar-refractivity contribution in [3.8, 4) is 11.5 Å². The van der Waals surface area contributed by atoms with Gasteiger partial charge in [0.25, 0.3) is 5.91 Å². The molecule has 0 saturated carbocycles. The molecule has 3 rings (SSSR count). The lowest BCUT2D eigenvalue weighted by Crippen LogP contribution is -2.46. The van der Waals surface area contributed by atoms with Gasteiger partial charge in [0, 0.05) is 12.1 Å². The van der Waals surface area contributed by atoms with E-state index in [1.165, 1.54) is 0 Å². The molecule has 0 aliphatic carbocycles. The summed E-state index contributed by atoms with van der Waals surface area (Å²) in [6, 6.07) is 13.6. The number of carbonyl (C=O) groups is 3. The normalized spacial score (nSPS) is 18.6. The van der Waals surface area contributed by atoms with Crippen LogP contribution in [0.5, 0.6) is 11.5 Å². The van der Waals surface area contributed by atoms with Crippen molar-refractivity contribution in [1.82, 2.24) is 0 Å². The van der Waals surface area contributed by atoms with E-state index < -0.39 is 30.4 Å². The maximum atomic E-state index is 12.9. The number of ether oxygens (including phenoxy) is 3. The molecule has 2 aromatic carbocycles. The maximum absolute atomic E-state index is 12.9. The zero-order valence-electron chi connectivity index (χ0n) is 16.9. The fourth-order valence-electron chi connectivity index (χ4n) is 3.62. The van der Waals surface area contributed by atoms with Crippen molar-refractivity contribution in [1.29, 1.82) is 0 Å². The Morgan fingerprint density at radius 2 is 1.57 bits per heavy atom. The minimum Gasteiger partial charge on any atom is -0.497 e. The highest BCUT2D eigenvalue weighted by Gasteiger charge is 2.42. The molecule has 0 bridgehead atoms. The Hall–Kier alpha value is -3.55. The van der Waals surface area contributed by atoms with Crippen molar-refractivity contribution in [2.45, 2.75) is 18.9 Å². The number of anilines is 1. The van der Waals surface area contributed by atoms with Gasteiger partial charge in [-0.1, -0.05) is 12.1 Å². The van der Waals surface area contributed by atoms with Crippen LogP contribution in [0.1, 0.15) is 24.4 Å². The number of hydrogen-bond donors (Lipinski definition) is 1. The molecule has 0 aromatic heterocycles. The van der Waals surface area contributed by atoms with Gasteiger partial charge in [-0.25, -0.2) is 0 Å². The molecule has 0 unspecified atom stereocenters. The first-order valence-corrected chi connectivity index (χ1v) is 9.49. The molecule has 30 heavy (non-hydrogen) atoms. The van der Waals surface area contributed by atoms with E-state index in [2.05, 4.69) is 0 Å². The van der Waals surface area contributed by atoms with Gasteiger partial charge in [0.2, 0.25) is 5.91 Å². The first-order valence-electron chi connectivity index (χ1n) is 9.49. The third kappa shape index (κ3) is 4.53. The maximum Gasteiger partial charge on any atom is 0.311 e.